The minimum atomic E-state index is -3.95. The van der Waals surface area contributed by atoms with Gasteiger partial charge in [-0.25, -0.2) is 17.9 Å². The molecule has 0 aliphatic heterocycles. The number of hydrogen-bond donors (Lipinski definition) is 2. The number of rotatable bonds is 6. The number of nitrogens with one attached hydrogen (secondary N) is 2. The highest BCUT2D eigenvalue weighted by Crippen LogP contribution is 2.24. The van der Waals surface area contributed by atoms with Gasteiger partial charge in [-0.2, -0.15) is 0 Å². The van der Waals surface area contributed by atoms with Crippen molar-refractivity contribution in [1.29, 1.82) is 0 Å². The second kappa shape index (κ2) is 9.16. The fourth-order valence-electron chi connectivity index (χ4n) is 2.75. The minimum Gasteiger partial charge on any atom is -0.452 e. The van der Waals surface area contributed by atoms with Gasteiger partial charge in [0, 0.05) is 11.2 Å². The van der Waals surface area contributed by atoms with Crippen LogP contribution in [0.5, 0.6) is 0 Å². The van der Waals surface area contributed by atoms with Gasteiger partial charge in [0.25, 0.3) is 5.91 Å². The van der Waals surface area contributed by atoms with Gasteiger partial charge in [-0.15, -0.1) is 0 Å². The first kappa shape index (κ1) is 23.9. The maximum atomic E-state index is 12.6. The number of halogens is 1. The number of ether oxygens (including phenoxy) is 1. The van der Waals surface area contributed by atoms with E-state index in [2.05, 4.69) is 10.0 Å². The Kier molecular flexibility index (Phi) is 7.28. The summed E-state index contributed by atoms with van der Waals surface area (Å²) in [5.41, 5.74) is 1.81. The lowest BCUT2D eigenvalue weighted by atomic mass is 10.1. The van der Waals surface area contributed by atoms with E-state index in [1.807, 2.05) is 19.9 Å². The van der Waals surface area contributed by atoms with Crippen LogP contribution in [0, 0.1) is 13.8 Å². The first-order valence-electron chi connectivity index (χ1n) is 9.16. The zero-order valence-corrected chi connectivity index (χ0v) is 19.1. The quantitative estimate of drug-likeness (QED) is 0.648. The van der Waals surface area contributed by atoms with Crippen LogP contribution in [0.2, 0.25) is 5.02 Å². The standard InChI is InChI=1S/C21H25ClN2O5S/c1-13-8-14(2)10-16(9-13)23-19(25)12-29-20(26)15-6-7-17(22)18(11-15)30(27,28)24-21(3,4)5/h6-11,24H,12H2,1-5H3,(H,23,25). The van der Waals surface area contributed by atoms with E-state index in [1.54, 1.807) is 32.9 Å². The van der Waals surface area contributed by atoms with Crippen molar-refractivity contribution in [2.24, 2.45) is 0 Å². The van der Waals surface area contributed by atoms with Gasteiger partial charge in [-0.3, -0.25) is 4.79 Å². The van der Waals surface area contributed by atoms with Crippen LogP contribution < -0.4 is 10.0 Å². The summed E-state index contributed by atoms with van der Waals surface area (Å²) in [5, 5.41) is 2.63. The van der Waals surface area contributed by atoms with E-state index < -0.39 is 34.0 Å². The molecule has 0 aliphatic carbocycles. The van der Waals surface area contributed by atoms with Gasteiger partial charge in [0.2, 0.25) is 10.0 Å². The van der Waals surface area contributed by atoms with Crippen molar-refractivity contribution in [3.63, 3.8) is 0 Å². The highest BCUT2D eigenvalue weighted by molar-refractivity contribution is 7.89. The van der Waals surface area contributed by atoms with Crippen LogP contribution in [0.4, 0.5) is 5.69 Å². The van der Waals surface area contributed by atoms with E-state index in [0.29, 0.717) is 5.69 Å². The Bertz CT molecular complexity index is 1060. The van der Waals surface area contributed by atoms with Crippen LogP contribution in [0.25, 0.3) is 0 Å². The Hall–Kier alpha value is -2.42. The highest BCUT2D eigenvalue weighted by Gasteiger charge is 2.25. The Balaban J connectivity index is 2.09. The largest absolute Gasteiger partial charge is 0.452 e. The van der Waals surface area contributed by atoms with Crippen LogP contribution in [0.1, 0.15) is 42.3 Å². The lowest BCUT2D eigenvalue weighted by molar-refractivity contribution is -0.119. The molecular weight excluding hydrogens is 428 g/mol. The molecule has 0 heterocycles. The summed E-state index contributed by atoms with van der Waals surface area (Å²) in [6.45, 7) is 8.35. The minimum absolute atomic E-state index is 0.0316. The summed E-state index contributed by atoms with van der Waals surface area (Å²) in [4.78, 5) is 24.2. The van der Waals surface area contributed by atoms with Crippen molar-refractivity contribution in [2.75, 3.05) is 11.9 Å². The molecule has 2 N–H and O–H groups in total. The second-order valence-electron chi connectivity index (χ2n) is 8.00. The molecule has 2 aromatic rings. The van der Waals surface area contributed by atoms with Crippen molar-refractivity contribution < 1.29 is 22.7 Å². The molecule has 162 valence electrons. The van der Waals surface area contributed by atoms with Crippen molar-refractivity contribution in [1.82, 2.24) is 4.72 Å². The first-order valence-corrected chi connectivity index (χ1v) is 11.0. The van der Waals surface area contributed by atoms with Gasteiger partial charge in [-0.05, 0) is 76.1 Å². The van der Waals surface area contributed by atoms with Gasteiger partial charge < -0.3 is 10.1 Å². The van der Waals surface area contributed by atoms with Crippen molar-refractivity contribution in [3.05, 3.63) is 58.1 Å². The Morgan fingerprint density at radius 3 is 2.20 bits per heavy atom. The molecule has 0 aliphatic rings. The molecular formula is C21H25ClN2O5S. The molecule has 9 heteroatoms. The summed E-state index contributed by atoms with van der Waals surface area (Å²) in [5.74, 6) is -1.35. The summed E-state index contributed by atoms with van der Waals surface area (Å²) in [6.07, 6.45) is 0. The smallest absolute Gasteiger partial charge is 0.338 e. The molecule has 30 heavy (non-hydrogen) atoms. The third-order valence-corrected chi connectivity index (χ3v) is 5.98. The van der Waals surface area contributed by atoms with E-state index in [-0.39, 0.29) is 15.5 Å². The van der Waals surface area contributed by atoms with Gasteiger partial charge >= 0.3 is 5.97 Å². The topological polar surface area (TPSA) is 102 Å². The van der Waals surface area contributed by atoms with E-state index in [4.69, 9.17) is 16.3 Å². The molecule has 0 saturated heterocycles. The number of hydrogen-bond acceptors (Lipinski definition) is 5. The normalized spacial score (nSPS) is 11.8. The first-order chi connectivity index (χ1) is 13.8. The molecule has 2 rings (SSSR count). The molecule has 2 aromatic carbocycles. The summed E-state index contributed by atoms with van der Waals surface area (Å²) < 4.78 is 32.6. The average molecular weight is 453 g/mol. The molecule has 1 amide bonds. The number of sulfonamides is 1. The third kappa shape index (κ3) is 6.83. The van der Waals surface area contributed by atoms with Gasteiger partial charge in [0.1, 0.15) is 4.90 Å². The Morgan fingerprint density at radius 2 is 1.63 bits per heavy atom. The number of anilines is 1. The number of esters is 1. The van der Waals surface area contributed by atoms with Crippen LogP contribution in [0.15, 0.2) is 41.3 Å². The average Bonchev–Trinajstić information content (AvgIpc) is 2.56. The van der Waals surface area contributed by atoms with Crippen molar-refractivity contribution in [3.8, 4) is 0 Å². The van der Waals surface area contributed by atoms with Crippen LogP contribution >= 0.6 is 11.6 Å². The van der Waals surface area contributed by atoms with E-state index in [9.17, 15) is 18.0 Å². The number of benzene rings is 2. The summed E-state index contributed by atoms with van der Waals surface area (Å²) >= 11 is 6.02. The summed E-state index contributed by atoms with van der Waals surface area (Å²) in [6, 6.07) is 9.32. The SMILES string of the molecule is Cc1cc(C)cc(NC(=O)COC(=O)c2ccc(Cl)c(S(=O)(=O)NC(C)(C)C)c2)c1. The van der Waals surface area contributed by atoms with Crippen LogP contribution in [-0.4, -0.2) is 32.4 Å². The number of carbonyl (C=O) groups is 2. The predicted octanol–water partition coefficient (Wildman–Crippen LogP) is 3.83. The van der Waals surface area contributed by atoms with Gasteiger partial charge in [0.15, 0.2) is 6.61 Å². The lowest BCUT2D eigenvalue weighted by Gasteiger charge is -2.21. The van der Waals surface area contributed by atoms with Gasteiger partial charge in [0.05, 0.1) is 10.6 Å². The number of carbonyl (C=O) groups excluding carboxylic acids is 2. The maximum Gasteiger partial charge on any atom is 0.338 e. The fourth-order valence-corrected chi connectivity index (χ4v) is 4.70. The Labute approximate surface area is 181 Å². The third-order valence-electron chi connectivity index (χ3n) is 3.74. The number of aryl methyl sites for hydroxylation is 2. The molecule has 0 saturated carbocycles. The molecule has 0 bridgehead atoms. The van der Waals surface area contributed by atoms with E-state index in [1.165, 1.54) is 12.1 Å². The highest BCUT2D eigenvalue weighted by atomic mass is 35.5. The molecule has 0 fully saturated rings. The number of amides is 1. The van der Waals surface area contributed by atoms with Crippen molar-refractivity contribution in [2.45, 2.75) is 45.1 Å². The van der Waals surface area contributed by atoms with Gasteiger partial charge in [-0.1, -0.05) is 17.7 Å². The lowest BCUT2D eigenvalue weighted by Crippen LogP contribution is -2.40. The zero-order chi connectivity index (χ0) is 22.7. The van der Waals surface area contributed by atoms with Crippen LogP contribution in [0.3, 0.4) is 0 Å². The molecule has 0 atom stereocenters. The molecule has 0 unspecified atom stereocenters. The summed E-state index contributed by atoms with van der Waals surface area (Å²) in [7, 11) is -3.95. The maximum absolute atomic E-state index is 12.6. The monoisotopic (exact) mass is 452 g/mol. The fraction of sp³-hybridized carbons (Fsp3) is 0.333. The van der Waals surface area contributed by atoms with E-state index in [0.717, 1.165) is 17.2 Å². The van der Waals surface area contributed by atoms with Crippen molar-refractivity contribution >= 4 is 39.2 Å². The Morgan fingerprint density at radius 1 is 1.03 bits per heavy atom. The molecule has 0 aromatic heterocycles. The zero-order valence-electron chi connectivity index (χ0n) is 17.5. The molecule has 0 spiro atoms. The van der Waals surface area contributed by atoms with Crippen LogP contribution in [-0.2, 0) is 19.6 Å². The second-order valence-corrected chi connectivity index (χ2v) is 10.1. The predicted molar refractivity (Wildman–Crippen MR) is 116 cm³/mol. The molecule has 7 nitrogen and oxygen atoms in total. The van der Waals surface area contributed by atoms with E-state index >= 15 is 0 Å². The molecule has 0 radical (unpaired) electrons.